The molecule has 0 aliphatic rings. The number of benzene rings is 1. The van der Waals surface area contributed by atoms with E-state index in [0.29, 0.717) is 17.5 Å². The lowest BCUT2D eigenvalue weighted by atomic mass is 10.3. The van der Waals surface area contributed by atoms with Crippen molar-refractivity contribution in [3.8, 4) is 0 Å². The van der Waals surface area contributed by atoms with Crippen molar-refractivity contribution >= 4 is 40.0 Å². The molecule has 0 saturated heterocycles. The molecule has 0 bridgehead atoms. The van der Waals surface area contributed by atoms with Crippen molar-refractivity contribution < 1.29 is 0 Å². The Bertz CT molecular complexity index is 791. The monoisotopic (exact) mass is 309 g/mol. The van der Waals surface area contributed by atoms with E-state index in [4.69, 9.17) is 12.2 Å². The van der Waals surface area contributed by atoms with Crippen LogP contribution >= 0.6 is 12.2 Å². The summed E-state index contributed by atoms with van der Waals surface area (Å²) in [6.45, 7) is 2.73. The number of pyridine rings is 1. The van der Waals surface area contributed by atoms with Gasteiger partial charge in [-0.05, 0) is 43.4 Å². The molecule has 1 aromatic carbocycles. The summed E-state index contributed by atoms with van der Waals surface area (Å²) >= 11 is 5.47. The van der Waals surface area contributed by atoms with E-state index in [0.717, 1.165) is 16.9 Å². The van der Waals surface area contributed by atoms with Crippen LogP contribution in [0.25, 0.3) is 11.0 Å². The summed E-state index contributed by atoms with van der Waals surface area (Å²) in [4.78, 5) is 15.1. The van der Waals surface area contributed by atoms with E-state index in [1.807, 2.05) is 54.3 Å². The Kier molecular flexibility index (Phi) is 4.20. The Morgan fingerprint density at radius 1 is 1.09 bits per heavy atom. The summed E-state index contributed by atoms with van der Waals surface area (Å²) in [6.07, 6.45) is 3.43. The Hall–Kier alpha value is -2.60. The highest BCUT2D eigenvalue weighted by Crippen LogP contribution is 2.14. The molecule has 3 rings (SSSR count). The smallest absolute Gasteiger partial charge is 0.180 e. The third-order valence-electron chi connectivity index (χ3n) is 3.17. The maximum absolute atomic E-state index is 5.47. The summed E-state index contributed by atoms with van der Waals surface area (Å²) in [5, 5.41) is 3.67. The molecule has 0 aliphatic carbocycles. The summed E-state index contributed by atoms with van der Waals surface area (Å²) in [7, 11) is 0. The van der Waals surface area contributed by atoms with Crippen LogP contribution in [-0.2, 0) is 0 Å². The second-order valence-corrected chi connectivity index (χ2v) is 4.99. The first-order valence-corrected chi connectivity index (χ1v) is 7.40. The number of hydrogen-bond donors (Lipinski definition) is 1. The van der Waals surface area contributed by atoms with Crippen LogP contribution in [0.15, 0.2) is 54.9 Å². The van der Waals surface area contributed by atoms with Gasteiger partial charge in [0.15, 0.2) is 10.9 Å². The van der Waals surface area contributed by atoms with E-state index in [1.165, 1.54) is 0 Å². The topological polar surface area (TPSA) is 53.9 Å². The number of anilines is 2. The SMILES string of the molecule is CCN(C(=S)Nc1cnc2ccccc2n1)c1ccccn1. The lowest BCUT2D eigenvalue weighted by molar-refractivity contribution is 1.03. The lowest BCUT2D eigenvalue weighted by Crippen LogP contribution is -2.35. The molecule has 1 N–H and O–H groups in total. The van der Waals surface area contributed by atoms with Crippen LogP contribution in [0.2, 0.25) is 0 Å². The third kappa shape index (κ3) is 3.01. The van der Waals surface area contributed by atoms with E-state index >= 15 is 0 Å². The second kappa shape index (κ2) is 6.44. The van der Waals surface area contributed by atoms with Gasteiger partial charge < -0.3 is 10.2 Å². The molecule has 22 heavy (non-hydrogen) atoms. The minimum absolute atomic E-state index is 0.547. The maximum atomic E-state index is 5.47. The highest BCUT2D eigenvalue weighted by Gasteiger charge is 2.12. The van der Waals surface area contributed by atoms with Gasteiger partial charge in [-0.15, -0.1) is 0 Å². The average Bonchev–Trinajstić information content (AvgIpc) is 2.56. The van der Waals surface area contributed by atoms with Gasteiger partial charge in [-0.3, -0.25) is 4.98 Å². The Labute approximate surface area is 134 Å². The van der Waals surface area contributed by atoms with Gasteiger partial charge in [0.1, 0.15) is 5.82 Å². The van der Waals surface area contributed by atoms with Crippen LogP contribution in [0.1, 0.15) is 6.92 Å². The molecule has 2 heterocycles. The van der Waals surface area contributed by atoms with Gasteiger partial charge in [-0.2, -0.15) is 0 Å². The molecule has 0 spiro atoms. The van der Waals surface area contributed by atoms with Gasteiger partial charge in [0.25, 0.3) is 0 Å². The van der Waals surface area contributed by atoms with E-state index < -0.39 is 0 Å². The Morgan fingerprint density at radius 3 is 2.59 bits per heavy atom. The first-order valence-electron chi connectivity index (χ1n) is 6.99. The third-order valence-corrected chi connectivity index (χ3v) is 3.49. The summed E-state index contributed by atoms with van der Waals surface area (Å²) in [5.41, 5.74) is 1.69. The van der Waals surface area contributed by atoms with Crippen LogP contribution < -0.4 is 10.2 Å². The van der Waals surface area contributed by atoms with Crippen molar-refractivity contribution in [1.29, 1.82) is 0 Å². The Balaban J connectivity index is 1.82. The minimum atomic E-state index is 0.547. The van der Waals surface area contributed by atoms with E-state index in [-0.39, 0.29) is 0 Å². The normalized spacial score (nSPS) is 10.4. The quantitative estimate of drug-likeness (QED) is 0.750. The number of para-hydroxylation sites is 2. The van der Waals surface area contributed by atoms with E-state index in [9.17, 15) is 0 Å². The van der Waals surface area contributed by atoms with Crippen LogP contribution in [0.3, 0.4) is 0 Å². The van der Waals surface area contributed by atoms with Crippen molar-refractivity contribution in [3.05, 3.63) is 54.9 Å². The average molecular weight is 309 g/mol. The predicted molar refractivity (Wildman–Crippen MR) is 93.0 cm³/mol. The van der Waals surface area contributed by atoms with Gasteiger partial charge in [0.2, 0.25) is 0 Å². The number of nitrogens with zero attached hydrogens (tertiary/aromatic N) is 4. The molecule has 0 unspecified atom stereocenters. The highest BCUT2D eigenvalue weighted by atomic mass is 32.1. The molecule has 0 radical (unpaired) electrons. The summed E-state index contributed by atoms with van der Waals surface area (Å²) in [6, 6.07) is 13.5. The zero-order chi connectivity index (χ0) is 15.4. The number of rotatable bonds is 3. The number of nitrogens with one attached hydrogen (secondary N) is 1. The molecule has 5 nitrogen and oxygen atoms in total. The van der Waals surface area contributed by atoms with Crippen LogP contribution in [0, 0.1) is 0 Å². The molecule has 2 aromatic heterocycles. The van der Waals surface area contributed by atoms with Crippen LogP contribution in [-0.4, -0.2) is 26.6 Å². The molecular formula is C16H15N5S. The van der Waals surface area contributed by atoms with Crippen LogP contribution in [0.5, 0.6) is 0 Å². The molecule has 0 fully saturated rings. The van der Waals surface area contributed by atoms with Crippen molar-refractivity contribution in [1.82, 2.24) is 15.0 Å². The van der Waals surface area contributed by atoms with Crippen molar-refractivity contribution in [2.24, 2.45) is 0 Å². The molecule has 110 valence electrons. The molecule has 0 atom stereocenters. The molecule has 0 saturated carbocycles. The fourth-order valence-corrected chi connectivity index (χ4v) is 2.44. The standard InChI is InChI=1S/C16H15N5S/c1-2-21(15-9-5-6-10-17-15)16(22)20-14-11-18-12-7-3-4-8-13(12)19-14/h3-11H,2H2,1H3,(H,19,20,22). The van der Waals surface area contributed by atoms with Crippen molar-refractivity contribution in [3.63, 3.8) is 0 Å². The fourth-order valence-electron chi connectivity index (χ4n) is 2.12. The zero-order valence-electron chi connectivity index (χ0n) is 12.1. The molecule has 0 aliphatic heterocycles. The lowest BCUT2D eigenvalue weighted by Gasteiger charge is -2.22. The predicted octanol–water partition coefficient (Wildman–Crippen LogP) is 3.25. The highest BCUT2D eigenvalue weighted by molar-refractivity contribution is 7.80. The molecule has 0 amide bonds. The first kappa shape index (κ1) is 14.3. The van der Waals surface area contributed by atoms with Crippen LogP contribution in [0.4, 0.5) is 11.6 Å². The first-order chi connectivity index (χ1) is 10.8. The second-order valence-electron chi connectivity index (χ2n) is 4.61. The number of hydrogen-bond acceptors (Lipinski definition) is 4. The largest absolute Gasteiger partial charge is 0.316 e. The number of fused-ring (bicyclic) bond motifs is 1. The van der Waals surface area contributed by atoms with Gasteiger partial charge >= 0.3 is 0 Å². The minimum Gasteiger partial charge on any atom is -0.316 e. The number of aromatic nitrogens is 3. The van der Waals surface area contributed by atoms with Gasteiger partial charge in [0, 0.05) is 12.7 Å². The van der Waals surface area contributed by atoms with Crippen molar-refractivity contribution in [2.45, 2.75) is 6.92 Å². The number of thiocarbonyl (C=S) groups is 1. The summed E-state index contributed by atoms with van der Waals surface area (Å²) in [5.74, 6) is 1.43. The van der Waals surface area contributed by atoms with Crippen molar-refractivity contribution in [2.75, 3.05) is 16.8 Å². The maximum Gasteiger partial charge on any atom is 0.180 e. The zero-order valence-corrected chi connectivity index (χ0v) is 12.9. The van der Waals surface area contributed by atoms with Gasteiger partial charge in [0.05, 0.1) is 17.2 Å². The summed E-state index contributed by atoms with van der Waals surface area (Å²) < 4.78 is 0. The molecular weight excluding hydrogens is 294 g/mol. The van der Waals surface area contributed by atoms with E-state index in [2.05, 4.69) is 20.3 Å². The van der Waals surface area contributed by atoms with Gasteiger partial charge in [-0.25, -0.2) is 9.97 Å². The molecule has 3 aromatic rings. The van der Waals surface area contributed by atoms with Gasteiger partial charge in [-0.1, -0.05) is 18.2 Å². The fraction of sp³-hybridized carbons (Fsp3) is 0.125. The Morgan fingerprint density at radius 2 is 1.86 bits per heavy atom. The van der Waals surface area contributed by atoms with E-state index in [1.54, 1.807) is 12.4 Å². The molecule has 6 heteroatoms.